The molecule has 7 nitrogen and oxygen atoms in total. The second-order valence-corrected chi connectivity index (χ2v) is 7.39. The number of amides is 3. The van der Waals surface area contributed by atoms with Crippen LogP contribution in [0.3, 0.4) is 0 Å². The van der Waals surface area contributed by atoms with Crippen LogP contribution in [0.2, 0.25) is 0 Å². The highest BCUT2D eigenvalue weighted by Gasteiger charge is 2.39. The lowest BCUT2D eigenvalue weighted by Gasteiger charge is -2.39. The van der Waals surface area contributed by atoms with Gasteiger partial charge in [0.05, 0.1) is 6.04 Å². The molecule has 2 aliphatic rings. The second-order valence-electron chi connectivity index (χ2n) is 7.39. The van der Waals surface area contributed by atoms with Crippen LogP contribution < -0.4 is 10.1 Å². The predicted octanol–water partition coefficient (Wildman–Crippen LogP) is 2.38. The molecule has 0 spiro atoms. The largest absolute Gasteiger partial charge is 0.573 e. The predicted molar refractivity (Wildman–Crippen MR) is 96.9 cm³/mol. The van der Waals surface area contributed by atoms with Crippen molar-refractivity contribution >= 4 is 11.9 Å². The van der Waals surface area contributed by atoms with Crippen LogP contribution in [0.15, 0.2) is 18.2 Å². The Hall–Kier alpha value is -2.56. The fourth-order valence-corrected chi connectivity index (χ4v) is 3.62. The molecule has 1 saturated carbocycles. The van der Waals surface area contributed by atoms with Gasteiger partial charge in [0.25, 0.3) is 0 Å². The molecule has 1 aliphatic heterocycles. The van der Waals surface area contributed by atoms with E-state index in [9.17, 15) is 27.2 Å². The molecule has 0 bridgehead atoms. The average molecular weight is 433 g/mol. The lowest BCUT2D eigenvalue weighted by molar-refractivity contribution is -0.274. The highest BCUT2D eigenvalue weighted by molar-refractivity contribution is 5.78. The van der Waals surface area contributed by atoms with Gasteiger partial charge in [0.1, 0.15) is 18.2 Å². The van der Waals surface area contributed by atoms with E-state index in [-0.39, 0.29) is 30.1 Å². The number of hydrogen-bond donors (Lipinski definition) is 2. The number of piperidine rings is 1. The molecule has 1 aromatic rings. The first-order valence-electron chi connectivity index (χ1n) is 9.67. The summed E-state index contributed by atoms with van der Waals surface area (Å²) in [5.41, 5.74) is 0.0225. The lowest BCUT2D eigenvalue weighted by atomic mass is 10.0. The molecule has 1 saturated heterocycles. The molecule has 11 heteroatoms. The molecular weight excluding hydrogens is 410 g/mol. The number of carbonyl (C=O) groups is 2. The summed E-state index contributed by atoms with van der Waals surface area (Å²) >= 11 is 0. The molecule has 166 valence electrons. The third-order valence-electron chi connectivity index (χ3n) is 5.14. The fourth-order valence-electron chi connectivity index (χ4n) is 3.62. The first-order chi connectivity index (χ1) is 14.2. The molecule has 3 amide bonds. The smallest absolute Gasteiger partial charge is 0.406 e. The van der Waals surface area contributed by atoms with Crippen molar-refractivity contribution in [2.24, 2.45) is 0 Å². The number of aliphatic hydroxyl groups is 1. The number of nitrogens with one attached hydrogen (secondary N) is 1. The summed E-state index contributed by atoms with van der Waals surface area (Å²) in [6, 6.07) is 2.13. The highest BCUT2D eigenvalue weighted by atomic mass is 19.4. The Labute approximate surface area is 170 Å². The first kappa shape index (κ1) is 22.1. The maximum atomic E-state index is 14.1. The average Bonchev–Trinajstić information content (AvgIpc) is 3.51. The van der Waals surface area contributed by atoms with Crippen LogP contribution in [0, 0.1) is 5.82 Å². The van der Waals surface area contributed by atoms with E-state index in [0.717, 1.165) is 25.0 Å². The maximum absolute atomic E-state index is 14.1. The minimum absolute atomic E-state index is 0.0225. The van der Waals surface area contributed by atoms with Gasteiger partial charge in [-0.2, -0.15) is 0 Å². The number of aliphatic hydroxyl groups excluding tert-OH is 1. The zero-order valence-corrected chi connectivity index (χ0v) is 16.1. The highest BCUT2D eigenvalue weighted by Crippen LogP contribution is 2.32. The van der Waals surface area contributed by atoms with E-state index < -0.39 is 30.6 Å². The van der Waals surface area contributed by atoms with Crippen molar-refractivity contribution in [3.8, 4) is 5.75 Å². The van der Waals surface area contributed by atoms with Crippen LogP contribution in [-0.2, 0) is 11.3 Å². The summed E-state index contributed by atoms with van der Waals surface area (Å²) < 4.78 is 54.5. The number of rotatable bonds is 6. The van der Waals surface area contributed by atoms with E-state index in [0.29, 0.717) is 32.0 Å². The summed E-state index contributed by atoms with van der Waals surface area (Å²) in [5, 5.41) is 11.7. The molecule has 30 heavy (non-hydrogen) atoms. The Morgan fingerprint density at radius 3 is 2.57 bits per heavy atom. The minimum Gasteiger partial charge on any atom is -0.406 e. The van der Waals surface area contributed by atoms with Crippen molar-refractivity contribution in [2.45, 2.75) is 50.7 Å². The molecular formula is C19H23F4N3O4. The summed E-state index contributed by atoms with van der Waals surface area (Å²) in [4.78, 5) is 27.7. The van der Waals surface area contributed by atoms with Crippen molar-refractivity contribution in [1.82, 2.24) is 15.1 Å². The molecule has 1 heterocycles. The normalized spacial score (nSPS) is 19.4. The van der Waals surface area contributed by atoms with Gasteiger partial charge in [-0.25, -0.2) is 9.18 Å². The molecule has 3 rings (SSSR count). The van der Waals surface area contributed by atoms with Gasteiger partial charge in [0.2, 0.25) is 5.91 Å². The van der Waals surface area contributed by atoms with Crippen molar-refractivity contribution in [3.05, 3.63) is 29.6 Å². The molecule has 2 N–H and O–H groups in total. The van der Waals surface area contributed by atoms with Gasteiger partial charge in [0.15, 0.2) is 0 Å². The van der Waals surface area contributed by atoms with Crippen LogP contribution in [0.5, 0.6) is 5.75 Å². The number of halogens is 4. The van der Waals surface area contributed by atoms with Crippen molar-refractivity contribution in [2.75, 3.05) is 19.7 Å². The van der Waals surface area contributed by atoms with Crippen LogP contribution in [0.4, 0.5) is 22.4 Å². The van der Waals surface area contributed by atoms with E-state index in [2.05, 4.69) is 10.1 Å². The SMILES string of the molecule is O=C(CO)N1CCC[C@@H](N(C(=O)NCc2ccc(OC(F)(F)F)cc2F)C2CC2)C1. The van der Waals surface area contributed by atoms with Crippen LogP contribution in [0.25, 0.3) is 0 Å². The van der Waals surface area contributed by atoms with E-state index >= 15 is 0 Å². The zero-order chi connectivity index (χ0) is 21.9. The standard InChI is InChI=1S/C19H23F4N3O4/c20-16-8-15(30-19(21,22)23)6-3-12(16)9-24-18(29)26(13-4-5-13)14-2-1-7-25(10-14)17(28)11-27/h3,6,8,13-14,27H,1-2,4-5,7,9-11H2,(H,24,29)/t14-/m1/s1. The Bertz CT molecular complexity index is 786. The third-order valence-corrected chi connectivity index (χ3v) is 5.14. The zero-order valence-electron chi connectivity index (χ0n) is 16.1. The van der Waals surface area contributed by atoms with Gasteiger partial charge in [-0.3, -0.25) is 4.79 Å². The van der Waals surface area contributed by atoms with Gasteiger partial charge in [-0.05, 0) is 31.7 Å². The number of benzene rings is 1. The van der Waals surface area contributed by atoms with E-state index in [1.807, 2.05) is 0 Å². The number of likely N-dealkylation sites (tertiary alicyclic amines) is 1. The molecule has 2 fully saturated rings. The van der Waals surface area contributed by atoms with Crippen molar-refractivity contribution in [3.63, 3.8) is 0 Å². The van der Waals surface area contributed by atoms with E-state index in [4.69, 9.17) is 5.11 Å². The topological polar surface area (TPSA) is 82.1 Å². The maximum Gasteiger partial charge on any atom is 0.573 e. The molecule has 1 aromatic carbocycles. The number of nitrogens with zero attached hydrogens (tertiary/aromatic N) is 2. The lowest BCUT2D eigenvalue weighted by Crippen LogP contribution is -2.55. The van der Waals surface area contributed by atoms with Crippen molar-refractivity contribution in [1.29, 1.82) is 0 Å². The van der Waals surface area contributed by atoms with Crippen LogP contribution in [0.1, 0.15) is 31.2 Å². The summed E-state index contributed by atoms with van der Waals surface area (Å²) in [6.07, 6.45) is -1.86. The Balaban J connectivity index is 1.61. The Kier molecular flexibility index (Phi) is 6.69. The number of carbonyl (C=O) groups excluding carboxylic acids is 2. The van der Waals surface area contributed by atoms with Crippen LogP contribution >= 0.6 is 0 Å². The Morgan fingerprint density at radius 1 is 1.23 bits per heavy atom. The summed E-state index contributed by atoms with van der Waals surface area (Å²) in [6.45, 7) is 0.0522. The van der Waals surface area contributed by atoms with E-state index in [1.165, 1.54) is 4.90 Å². The Morgan fingerprint density at radius 2 is 1.97 bits per heavy atom. The molecule has 0 radical (unpaired) electrons. The van der Waals surface area contributed by atoms with Gasteiger partial charge in [0, 0.05) is 37.3 Å². The number of ether oxygens (including phenoxy) is 1. The van der Waals surface area contributed by atoms with Gasteiger partial charge < -0.3 is 25.0 Å². The first-order valence-corrected chi connectivity index (χ1v) is 9.67. The quantitative estimate of drug-likeness (QED) is 0.675. The van der Waals surface area contributed by atoms with Gasteiger partial charge in [-0.1, -0.05) is 6.07 Å². The van der Waals surface area contributed by atoms with E-state index in [1.54, 1.807) is 4.90 Å². The van der Waals surface area contributed by atoms with Gasteiger partial charge >= 0.3 is 12.4 Å². The van der Waals surface area contributed by atoms with Crippen molar-refractivity contribution < 1.29 is 37.0 Å². The number of alkyl halides is 3. The molecule has 0 aromatic heterocycles. The molecule has 1 aliphatic carbocycles. The fraction of sp³-hybridized carbons (Fsp3) is 0.579. The number of hydrogen-bond acceptors (Lipinski definition) is 4. The third kappa shape index (κ3) is 5.74. The minimum atomic E-state index is -4.92. The number of urea groups is 1. The van der Waals surface area contributed by atoms with Gasteiger partial charge in [-0.15, -0.1) is 13.2 Å². The monoisotopic (exact) mass is 433 g/mol. The summed E-state index contributed by atoms with van der Waals surface area (Å²) in [7, 11) is 0. The summed E-state index contributed by atoms with van der Waals surface area (Å²) in [5.74, 6) is -1.99. The second kappa shape index (κ2) is 9.07. The molecule has 0 unspecified atom stereocenters. The molecule has 1 atom stereocenters. The van der Waals surface area contributed by atoms with Crippen LogP contribution in [-0.4, -0.2) is 65.0 Å².